The maximum absolute atomic E-state index is 13.3. The summed E-state index contributed by atoms with van der Waals surface area (Å²) in [5.41, 5.74) is -1.07. The van der Waals surface area contributed by atoms with Crippen LogP contribution in [0.2, 0.25) is 15.1 Å². The Kier molecular flexibility index (Phi) is 5.74. The molecule has 0 saturated heterocycles. The van der Waals surface area contributed by atoms with Gasteiger partial charge < -0.3 is 0 Å². The molecule has 0 aliphatic heterocycles. The number of hydrogen-bond donors (Lipinski definition) is 1. The van der Waals surface area contributed by atoms with E-state index in [4.69, 9.17) is 34.8 Å². The Balaban J connectivity index is 1.59. The average Bonchev–Trinajstić information content (AvgIpc) is 3.27. The first-order valence-electron chi connectivity index (χ1n) is 8.80. The first-order chi connectivity index (χ1) is 15.0. The van der Waals surface area contributed by atoms with Crippen molar-refractivity contribution in [2.24, 2.45) is 0 Å². The van der Waals surface area contributed by atoms with Gasteiger partial charge in [-0.05, 0) is 30.7 Å². The van der Waals surface area contributed by atoms with Gasteiger partial charge in [0.1, 0.15) is 17.0 Å². The predicted octanol–water partition coefficient (Wildman–Crippen LogP) is 4.91. The van der Waals surface area contributed by atoms with Gasteiger partial charge in [0.05, 0.1) is 6.54 Å². The first-order valence-corrected chi connectivity index (χ1v) is 9.94. The Bertz CT molecular complexity index is 1350. The van der Waals surface area contributed by atoms with Crippen LogP contribution in [0.5, 0.6) is 0 Å². The second-order valence-electron chi connectivity index (χ2n) is 6.63. The van der Waals surface area contributed by atoms with Crippen LogP contribution < -0.4 is 5.32 Å². The normalized spacial score (nSPS) is 11.8. The number of carbonyl (C=O) groups is 1. The molecule has 1 N–H and O–H groups in total. The maximum atomic E-state index is 13.3. The highest BCUT2D eigenvalue weighted by Gasteiger charge is 2.36. The Labute approximate surface area is 192 Å². The van der Waals surface area contributed by atoms with E-state index < -0.39 is 23.5 Å². The lowest BCUT2D eigenvalue weighted by molar-refractivity contribution is -0.142. The SMILES string of the molecule is Cc1cc(C(F)(F)F)n2nc(C(=O)Nc3ncn(Cc4ccc(Cl)cc4Cl)n3)c(Cl)c2n1. The van der Waals surface area contributed by atoms with E-state index in [0.717, 1.165) is 6.07 Å². The molecule has 1 amide bonds. The average molecular weight is 505 g/mol. The van der Waals surface area contributed by atoms with E-state index in [1.807, 2.05) is 0 Å². The molecule has 0 saturated carbocycles. The highest BCUT2D eigenvalue weighted by atomic mass is 35.5. The molecule has 32 heavy (non-hydrogen) atoms. The number of fused-ring (bicyclic) bond motifs is 1. The smallest absolute Gasteiger partial charge is 0.288 e. The largest absolute Gasteiger partial charge is 0.433 e. The van der Waals surface area contributed by atoms with Gasteiger partial charge in [-0.3, -0.25) is 10.1 Å². The number of rotatable bonds is 4. The van der Waals surface area contributed by atoms with Gasteiger partial charge in [-0.1, -0.05) is 40.9 Å². The van der Waals surface area contributed by atoms with Crippen LogP contribution in [0.4, 0.5) is 19.1 Å². The predicted molar refractivity (Wildman–Crippen MR) is 111 cm³/mol. The quantitative estimate of drug-likeness (QED) is 0.427. The summed E-state index contributed by atoms with van der Waals surface area (Å²) in [6, 6.07) is 5.77. The van der Waals surface area contributed by atoms with Crippen molar-refractivity contribution < 1.29 is 18.0 Å². The molecule has 0 aliphatic carbocycles. The fourth-order valence-electron chi connectivity index (χ4n) is 2.87. The van der Waals surface area contributed by atoms with Crippen molar-refractivity contribution in [2.75, 3.05) is 5.32 Å². The molecule has 0 bridgehead atoms. The molecule has 3 aromatic heterocycles. The van der Waals surface area contributed by atoms with Gasteiger partial charge in [0.15, 0.2) is 11.3 Å². The van der Waals surface area contributed by atoms with Crippen LogP contribution >= 0.6 is 34.8 Å². The molecule has 4 aromatic rings. The van der Waals surface area contributed by atoms with Gasteiger partial charge in [-0.25, -0.2) is 19.2 Å². The minimum Gasteiger partial charge on any atom is -0.288 e. The third-order valence-corrected chi connectivity index (χ3v) is 5.21. The Morgan fingerprint density at radius 2 is 1.91 bits per heavy atom. The van der Waals surface area contributed by atoms with Crippen molar-refractivity contribution in [3.05, 3.63) is 68.3 Å². The number of anilines is 1. The minimum atomic E-state index is -4.72. The number of aryl methyl sites for hydroxylation is 1. The fourth-order valence-corrected chi connectivity index (χ4v) is 3.59. The maximum Gasteiger partial charge on any atom is 0.433 e. The molecule has 0 aliphatic rings. The van der Waals surface area contributed by atoms with Crippen molar-refractivity contribution in [1.82, 2.24) is 29.4 Å². The lowest BCUT2D eigenvalue weighted by Gasteiger charge is -2.09. The Hall–Kier alpha value is -2.89. The van der Waals surface area contributed by atoms with Crippen molar-refractivity contribution in [3.63, 3.8) is 0 Å². The number of halogens is 6. The lowest BCUT2D eigenvalue weighted by Crippen LogP contribution is -2.16. The third-order valence-electron chi connectivity index (χ3n) is 4.28. The van der Waals surface area contributed by atoms with Gasteiger partial charge in [0, 0.05) is 15.7 Å². The number of aromatic nitrogens is 6. The zero-order chi connectivity index (χ0) is 23.2. The second kappa shape index (κ2) is 8.23. The number of benzene rings is 1. The van der Waals surface area contributed by atoms with Gasteiger partial charge in [0.25, 0.3) is 5.91 Å². The van der Waals surface area contributed by atoms with E-state index in [-0.39, 0.29) is 28.9 Å². The number of carbonyl (C=O) groups excluding carboxylic acids is 1. The van der Waals surface area contributed by atoms with E-state index in [1.165, 1.54) is 17.9 Å². The molecule has 0 radical (unpaired) electrons. The summed E-state index contributed by atoms with van der Waals surface area (Å²) < 4.78 is 41.9. The zero-order valence-corrected chi connectivity index (χ0v) is 18.2. The standard InChI is InChI=1S/C18H11Cl3F3N7O/c1-8-4-12(18(22,23)24)31-15(26-8)13(21)14(28-31)16(32)27-17-25-7-30(29-17)6-9-2-3-10(19)5-11(9)20/h2-5,7H,6H2,1H3,(H,27,29,32). The molecule has 3 heterocycles. The fraction of sp³-hybridized carbons (Fsp3) is 0.167. The van der Waals surface area contributed by atoms with Crippen LogP contribution in [0.1, 0.15) is 27.4 Å². The second-order valence-corrected chi connectivity index (χ2v) is 7.86. The molecule has 1 aromatic carbocycles. The molecular formula is C18H11Cl3F3N7O. The van der Waals surface area contributed by atoms with Crippen molar-refractivity contribution in [2.45, 2.75) is 19.6 Å². The number of amides is 1. The Morgan fingerprint density at radius 1 is 1.16 bits per heavy atom. The van der Waals surface area contributed by atoms with Gasteiger partial charge in [0.2, 0.25) is 5.95 Å². The highest BCUT2D eigenvalue weighted by Crippen LogP contribution is 2.32. The van der Waals surface area contributed by atoms with Crippen LogP contribution in [0.15, 0.2) is 30.6 Å². The number of hydrogen-bond acceptors (Lipinski definition) is 5. The van der Waals surface area contributed by atoms with Gasteiger partial charge in [-0.2, -0.15) is 18.3 Å². The summed E-state index contributed by atoms with van der Waals surface area (Å²) in [7, 11) is 0. The van der Waals surface area contributed by atoms with Crippen molar-refractivity contribution >= 4 is 52.3 Å². The summed E-state index contributed by atoms with van der Waals surface area (Å²) in [5, 5.41) is 10.7. The van der Waals surface area contributed by atoms with E-state index in [0.29, 0.717) is 20.1 Å². The van der Waals surface area contributed by atoms with Crippen LogP contribution in [0.3, 0.4) is 0 Å². The zero-order valence-electron chi connectivity index (χ0n) is 16.0. The summed E-state index contributed by atoms with van der Waals surface area (Å²) in [4.78, 5) is 20.5. The molecule has 4 rings (SSSR count). The van der Waals surface area contributed by atoms with Crippen LogP contribution in [0, 0.1) is 6.92 Å². The summed E-state index contributed by atoms with van der Waals surface area (Å²) in [6.07, 6.45) is -3.38. The van der Waals surface area contributed by atoms with Crippen LogP contribution in [-0.2, 0) is 12.7 Å². The van der Waals surface area contributed by atoms with E-state index >= 15 is 0 Å². The summed E-state index contributed by atoms with van der Waals surface area (Å²) in [5.74, 6) is -0.998. The summed E-state index contributed by atoms with van der Waals surface area (Å²) >= 11 is 18.1. The van der Waals surface area contributed by atoms with Gasteiger partial charge >= 0.3 is 6.18 Å². The molecule has 0 fully saturated rings. The highest BCUT2D eigenvalue weighted by molar-refractivity contribution is 6.37. The number of alkyl halides is 3. The molecular weight excluding hydrogens is 494 g/mol. The monoisotopic (exact) mass is 503 g/mol. The van der Waals surface area contributed by atoms with Crippen LogP contribution in [0.25, 0.3) is 5.65 Å². The first kappa shape index (κ1) is 22.3. The topological polar surface area (TPSA) is 90.0 Å². The Morgan fingerprint density at radius 3 is 2.59 bits per heavy atom. The molecule has 8 nitrogen and oxygen atoms in total. The van der Waals surface area contributed by atoms with E-state index in [1.54, 1.807) is 18.2 Å². The minimum absolute atomic E-state index is 0.0693. The van der Waals surface area contributed by atoms with Gasteiger partial charge in [-0.15, -0.1) is 5.10 Å². The van der Waals surface area contributed by atoms with Crippen LogP contribution in [-0.4, -0.2) is 35.3 Å². The lowest BCUT2D eigenvalue weighted by atomic mass is 10.2. The van der Waals surface area contributed by atoms with E-state index in [2.05, 4.69) is 25.5 Å². The number of nitrogens with one attached hydrogen (secondary N) is 1. The molecule has 0 atom stereocenters. The molecule has 0 spiro atoms. The van der Waals surface area contributed by atoms with Crippen molar-refractivity contribution in [3.8, 4) is 0 Å². The molecule has 0 unspecified atom stereocenters. The third kappa shape index (κ3) is 4.36. The van der Waals surface area contributed by atoms with E-state index in [9.17, 15) is 18.0 Å². The molecule has 14 heteroatoms. The van der Waals surface area contributed by atoms with Crippen molar-refractivity contribution in [1.29, 1.82) is 0 Å². The number of nitrogens with zero attached hydrogens (tertiary/aromatic N) is 6. The summed E-state index contributed by atoms with van der Waals surface area (Å²) in [6.45, 7) is 1.62. The molecule has 166 valence electrons.